The molecule has 1 amide bonds. The molecule has 0 spiro atoms. The number of para-hydroxylation sites is 1. The zero-order valence-electron chi connectivity index (χ0n) is 9.21. The molecule has 6 nitrogen and oxygen atoms in total. The van der Waals surface area contributed by atoms with Crippen LogP contribution in [0.3, 0.4) is 0 Å². The first-order valence-electron chi connectivity index (χ1n) is 5.02. The molecule has 1 aromatic heterocycles. The first-order valence-corrected chi connectivity index (χ1v) is 5.02. The molecule has 0 fully saturated rings. The number of amides is 1. The Hall–Kier alpha value is -2.37. The van der Waals surface area contributed by atoms with Crippen LogP contribution >= 0.6 is 0 Å². The summed E-state index contributed by atoms with van der Waals surface area (Å²) in [7, 11) is 0. The fourth-order valence-corrected chi connectivity index (χ4v) is 1.18. The number of nitrogens with one attached hydrogen (secondary N) is 1. The third kappa shape index (κ3) is 3.30. The van der Waals surface area contributed by atoms with Gasteiger partial charge in [0.1, 0.15) is 0 Å². The molecule has 1 aromatic carbocycles. The fourth-order valence-electron chi connectivity index (χ4n) is 1.18. The lowest BCUT2D eigenvalue weighted by Gasteiger charge is -2.03. The Kier molecular flexibility index (Phi) is 3.34. The minimum atomic E-state index is -0.285. The number of nitrogens with zero attached hydrogens (tertiary/aromatic N) is 2. The van der Waals surface area contributed by atoms with E-state index in [-0.39, 0.29) is 18.6 Å². The average Bonchev–Trinajstić information content (AvgIpc) is 2.74. The van der Waals surface area contributed by atoms with Crippen molar-refractivity contribution < 1.29 is 14.1 Å². The summed E-state index contributed by atoms with van der Waals surface area (Å²) in [6.45, 7) is 1.50. The molecule has 0 aliphatic rings. The van der Waals surface area contributed by atoms with Gasteiger partial charge in [0, 0.05) is 5.69 Å². The first kappa shape index (κ1) is 11.1. The lowest BCUT2D eigenvalue weighted by molar-refractivity contribution is -0.118. The molecule has 2 aromatic rings. The molecular formula is C11H11N3O3. The molecule has 1 heterocycles. The van der Waals surface area contributed by atoms with E-state index in [2.05, 4.69) is 15.5 Å². The predicted molar refractivity (Wildman–Crippen MR) is 59.6 cm³/mol. The van der Waals surface area contributed by atoms with E-state index < -0.39 is 0 Å². The van der Waals surface area contributed by atoms with Crippen molar-refractivity contribution in [2.45, 2.75) is 6.92 Å². The molecule has 0 aliphatic carbocycles. The summed E-state index contributed by atoms with van der Waals surface area (Å²) < 4.78 is 9.71. The van der Waals surface area contributed by atoms with Crippen molar-refractivity contribution in [2.24, 2.45) is 0 Å². The van der Waals surface area contributed by atoms with Crippen LogP contribution in [0, 0.1) is 6.92 Å². The summed E-state index contributed by atoms with van der Waals surface area (Å²) >= 11 is 0. The van der Waals surface area contributed by atoms with Crippen molar-refractivity contribution in [3.63, 3.8) is 0 Å². The van der Waals surface area contributed by atoms with Crippen LogP contribution < -0.4 is 10.1 Å². The minimum Gasteiger partial charge on any atom is -0.439 e. The molecule has 0 radical (unpaired) electrons. The SMILES string of the molecule is Cc1noc(OCC(=O)Nc2ccccc2)n1. The topological polar surface area (TPSA) is 77.2 Å². The molecule has 0 bridgehead atoms. The van der Waals surface area contributed by atoms with Gasteiger partial charge in [-0.15, -0.1) is 0 Å². The number of hydrogen-bond acceptors (Lipinski definition) is 5. The van der Waals surface area contributed by atoms with Gasteiger partial charge in [0.05, 0.1) is 0 Å². The van der Waals surface area contributed by atoms with Gasteiger partial charge in [-0.2, -0.15) is 4.98 Å². The molecule has 0 aliphatic heterocycles. The molecular weight excluding hydrogens is 222 g/mol. The van der Waals surface area contributed by atoms with E-state index in [1.165, 1.54) is 0 Å². The Morgan fingerprint density at radius 3 is 2.82 bits per heavy atom. The van der Waals surface area contributed by atoms with Gasteiger partial charge < -0.3 is 10.1 Å². The van der Waals surface area contributed by atoms with Gasteiger partial charge in [-0.1, -0.05) is 23.4 Å². The number of hydrogen-bond donors (Lipinski definition) is 1. The molecule has 0 saturated heterocycles. The van der Waals surface area contributed by atoms with Gasteiger partial charge in [-0.3, -0.25) is 9.32 Å². The maximum absolute atomic E-state index is 11.5. The van der Waals surface area contributed by atoms with Gasteiger partial charge in [0.25, 0.3) is 5.91 Å². The molecule has 88 valence electrons. The van der Waals surface area contributed by atoms with Crippen molar-refractivity contribution in [3.05, 3.63) is 36.2 Å². The van der Waals surface area contributed by atoms with Crippen molar-refractivity contribution in [2.75, 3.05) is 11.9 Å². The van der Waals surface area contributed by atoms with E-state index in [4.69, 9.17) is 9.26 Å². The summed E-state index contributed by atoms with van der Waals surface area (Å²) in [5, 5.41) is 6.20. The van der Waals surface area contributed by atoms with Crippen LogP contribution in [0.5, 0.6) is 6.08 Å². The quantitative estimate of drug-likeness (QED) is 0.863. The van der Waals surface area contributed by atoms with Gasteiger partial charge in [-0.05, 0) is 19.1 Å². The number of rotatable bonds is 4. The molecule has 6 heteroatoms. The van der Waals surface area contributed by atoms with Crippen LogP contribution in [0.25, 0.3) is 0 Å². The lowest BCUT2D eigenvalue weighted by atomic mass is 10.3. The van der Waals surface area contributed by atoms with Crippen LogP contribution in [0.15, 0.2) is 34.9 Å². The Morgan fingerprint density at radius 1 is 1.41 bits per heavy atom. The summed E-state index contributed by atoms with van der Waals surface area (Å²) in [6.07, 6.45) is -0.00860. The maximum Gasteiger partial charge on any atom is 0.417 e. The van der Waals surface area contributed by atoms with E-state index in [0.29, 0.717) is 11.5 Å². The number of carbonyl (C=O) groups is 1. The minimum absolute atomic E-state index is 0.00860. The molecule has 0 unspecified atom stereocenters. The Balaban J connectivity index is 1.82. The van der Waals surface area contributed by atoms with Crippen molar-refractivity contribution in [1.82, 2.24) is 10.1 Å². The number of carbonyl (C=O) groups excluding carboxylic acids is 1. The number of benzene rings is 1. The molecule has 0 atom stereocenters. The number of aryl methyl sites for hydroxylation is 1. The summed E-state index contributed by atoms with van der Waals surface area (Å²) in [5.41, 5.74) is 0.711. The number of aromatic nitrogens is 2. The van der Waals surface area contributed by atoms with Crippen LogP contribution in [0.1, 0.15) is 5.82 Å². The third-order valence-corrected chi connectivity index (χ3v) is 1.89. The van der Waals surface area contributed by atoms with Gasteiger partial charge in [0.2, 0.25) is 0 Å². The Morgan fingerprint density at radius 2 is 2.18 bits per heavy atom. The van der Waals surface area contributed by atoms with Crippen molar-refractivity contribution in [1.29, 1.82) is 0 Å². The largest absolute Gasteiger partial charge is 0.439 e. The van der Waals surface area contributed by atoms with Crippen molar-refractivity contribution in [3.8, 4) is 6.08 Å². The fraction of sp³-hybridized carbons (Fsp3) is 0.182. The summed E-state index contributed by atoms with van der Waals surface area (Å²) in [4.78, 5) is 15.3. The Labute approximate surface area is 97.6 Å². The summed E-state index contributed by atoms with van der Waals surface area (Å²) in [6, 6.07) is 9.10. The van der Waals surface area contributed by atoms with Gasteiger partial charge >= 0.3 is 6.08 Å². The number of anilines is 1. The smallest absolute Gasteiger partial charge is 0.417 e. The van der Waals surface area contributed by atoms with E-state index in [9.17, 15) is 4.79 Å². The maximum atomic E-state index is 11.5. The van der Waals surface area contributed by atoms with Crippen molar-refractivity contribution >= 4 is 11.6 Å². The average molecular weight is 233 g/mol. The second-order valence-corrected chi connectivity index (χ2v) is 3.31. The molecule has 0 saturated carbocycles. The van der Waals surface area contributed by atoms with E-state index in [1.54, 1.807) is 19.1 Å². The standard InChI is InChI=1S/C11H11N3O3/c1-8-12-11(17-14-8)16-7-10(15)13-9-5-3-2-4-6-9/h2-6H,7H2,1H3,(H,13,15). The summed E-state index contributed by atoms with van der Waals surface area (Å²) in [5.74, 6) is 0.176. The second-order valence-electron chi connectivity index (χ2n) is 3.31. The highest BCUT2D eigenvalue weighted by Crippen LogP contribution is 2.07. The normalized spacial score (nSPS) is 9.94. The third-order valence-electron chi connectivity index (χ3n) is 1.89. The van der Waals surface area contributed by atoms with E-state index >= 15 is 0 Å². The first-order chi connectivity index (χ1) is 8.24. The predicted octanol–water partition coefficient (Wildman–Crippen LogP) is 1.40. The van der Waals surface area contributed by atoms with E-state index in [1.807, 2.05) is 18.2 Å². The Bertz CT molecular complexity index is 496. The highest BCUT2D eigenvalue weighted by Gasteiger charge is 2.07. The van der Waals surface area contributed by atoms with E-state index in [0.717, 1.165) is 0 Å². The van der Waals surface area contributed by atoms with Crippen LogP contribution in [-0.4, -0.2) is 22.7 Å². The second kappa shape index (κ2) is 5.11. The lowest BCUT2D eigenvalue weighted by Crippen LogP contribution is -2.20. The molecule has 2 rings (SSSR count). The monoisotopic (exact) mass is 233 g/mol. The van der Waals surface area contributed by atoms with Crippen LogP contribution in [0.4, 0.5) is 5.69 Å². The highest BCUT2D eigenvalue weighted by molar-refractivity contribution is 5.91. The van der Waals surface area contributed by atoms with Crippen LogP contribution in [0.2, 0.25) is 0 Å². The van der Waals surface area contributed by atoms with Gasteiger partial charge in [0.15, 0.2) is 12.4 Å². The molecule has 17 heavy (non-hydrogen) atoms. The zero-order chi connectivity index (χ0) is 12.1. The number of ether oxygens (including phenoxy) is 1. The van der Waals surface area contributed by atoms with Crippen LogP contribution in [-0.2, 0) is 4.79 Å². The molecule has 1 N–H and O–H groups in total. The highest BCUT2D eigenvalue weighted by atomic mass is 16.6. The van der Waals surface area contributed by atoms with Gasteiger partial charge in [-0.25, -0.2) is 0 Å². The zero-order valence-corrected chi connectivity index (χ0v) is 9.21.